The Morgan fingerprint density at radius 2 is 0.785 bits per heavy atom. The maximum absolute atomic E-state index is 13.3. The van der Waals surface area contributed by atoms with Crippen LogP contribution in [0.5, 0.6) is 0 Å². The maximum atomic E-state index is 13.3. The molecule has 0 saturated heterocycles. The standard InChI is InChI=1S/C59H111NO5/c1-4-7-10-13-16-19-22-25-27-29-31-34-37-40-43-46-49-52-59(64)65-55(50-47-44-41-38-35-33-30-28-26-23-20-17-14-11-8-5-2)53-58(63)60-56(54-61)57(62)51-48-45-42-39-36-32-24-21-18-15-12-9-6-3/h23,26,28,30,33,35,55-57,61-62H,4-22,24-25,27,29,31-32,34,36-54H2,1-3H3,(H,60,63)/b26-23+,30-28+,35-33+. The number of carbonyl (C=O) groups excluding carboxylic acids is 2. The lowest BCUT2D eigenvalue weighted by Gasteiger charge is -2.24. The van der Waals surface area contributed by atoms with E-state index in [1.165, 1.54) is 186 Å². The number of hydrogen-bond acceptors (Lipinski definition) is 5. The van der Waals surface area contributed by atoms with E-state index in [-0.39, 0.29) is 24.9 Å². The van der Waals surface area contributed by atoms with E-state index < -0.39 is 18.2 Å². The van der Waals surface area contributed by atoms with Crippen LogP contribution in [0.25, 0.3) is 0 Å². The van der Waals surface area contributed by atoms with Gasteiger partial charge in [-0.25, -0.2) is 0 Å². The molecule has 0 aliphatic heterocycles. The van der Waals surface area contributed by atoms with Crippen LogP contribution in [-0.2, 0) is 14.3 Å². The Kier molecular flexibility index (Phi) is 51.5. The van der Waals surface area contributed by atoms with Crippen LogP contribution in [0.4, 0.5) is 0 Å². The molecule has 1 amide bonds. The Labute approximate surface area is 404 Å². The lowest BCUT2D eigenvalue weighted by atomic mass is 10.0. The maximum Gasteiger partial charge on any atom is 0.306 e. The van der Waals surface area contributed by atoms with Gasteiger partial charge in [0.15, 0.2) is 0 Å². The summed E-state index contributed by atoms with van der Waals surface area (Å²) in [6.45, 7) is 6.49. The zero-order chi connectivity index (χ0) is 47.4. The highest BCUT2D eigenvalue weighted by molar-refractivity contribution is 5.77. The summed E-state index contributed by atoms with van der Waals surface area (Å²) in [5, 5.41) is 23.8. The summed E-state index contributed by atoms with van der Waals surface area (Å²) in [6, 6.07) is -0.710. The molecule has 0 spiro atoms. The largest absolute Gasteiger partial charge is 0.462 e. The van der Waals surface area contributed by atoms with Crippen molar-refractivity contribution in [3.63, 3.8) is 0 Å². The summed E-state index contributed by atoms with van der Waals surface area (Å²) >= 11 is 0. The Bertz CT molecular complexity index is 1070. The number of ether oxygens (including phenoxy) is 1. The van der Waals surface area contributed by atoms with E-state index in [4.69, 9.17) is 4.74 Å². The Morgan fingerprint density at radius 1 is 0.446 bits per heavy atom. The molecule has 0 fully saturated rings. The van der Waals surface area contributed by atoms with Gasteiger partial charge < -0.3 is 20.3 Å². The molecule has 65 heavy (non-hydrogen) atoms. The number of aliphatic hydroxyl groups is 2. The predicted octanol–water partition coefficient (Wildman–Crippen LogP) is 17.6. The molecule has 3 unspecified atom stereocenters. The third-order valence-corrected chi connectivity index (χ3v) is 13.3. The topological polar surface area (TPSA) is 95.9 Å². The fourth-order valence-corrected chi connectivity index (χ4v) is 8.90. The molecule has 6 heteroatoms. The molecule has 0 aliphatic carbocycles. The average molecular weight is 915 g/mol. The van der Waals surface area contributed by atoms with Crippen molar-refractivity contribution < 1.29 is 24.5 Å². The van der Waals surface area contributed by atoms with Crippen molar-refractivity contribution in [3.05, 3.63) is 36.5 Å². The first kappa shape index (κ1) is 63.1. The molecular weight excluding hydrogens is 803 g/mol. The van der Waals surface area contributed by atoms with Gasteiger partial charge in [-0.3, -0.25) is 9.59 Å². The van der Waals surface area contributed by atoms with Crippen molar-refractivity contribution >= 4 is 11.9 Å². The van der Waals surface area contributed by atoms with E-state index in [1.54, 1.807) is 0 Å². The van der Waals surface area contributed by atoms with Crippen LogP contribution in [0.2, 0.25) is 0 Å². The average Bonchev–Trinajstić information content (AvgIpc) is 3.30. The summed E-state index contributed by atoms with van der Waals surface area (Å²) in [5.41, 5.74) is 0. The Balaban J connectivity index is 4.59. The molecule has 0 aromatic rings. The van der Waals surface area contributed by atoms with Gasteiger partial charge in [-0.1, -0.05) is 276 Å². The number of esters is 1. The van der Waals surface area contributed by atoms with Crippen molar-refractivity contribution in [3.8, 4) is 0 Å². The fraction of sp³-hybridized carbons (Fsp3) is 0.864. The second-order valence-electron chi connectivity index (χ2n) is 19.8. The lowest BCUT2D eigenvalue weighted by molar-refractivity contribution is -0.151. The minimum Gasteiger partial charge on any atom is -0.462 e. The number of unbranched alkanes of at least 4 members (excludes halogenated alkanes) is 36. The van der Waals surface area contributed by atoms with Crippen LogP contribution in [0, 0.1) is 0 Å². The van der Waals surface area contributed by atoms with Crippen LogP contribution in [0.3, 0.4) is 0 Å². The van der Waals surface area contributed by atoms with E-state index in [0.717, 1.165) is 70.6 Å². The second-order valence-corrected chi connectivity index (χ2v) is 19.8. The molecule has 0 saturated carbocycles. The second kappa shape index (κ2) is 53.0. The minimum atomic E-state index is -0.795. The van der Waals surface area contributed by atoms with Crippen molar-refractivity contribution in [1.29, 1.82) is 0 Å². The molecule has 0 aromatic carbocycles. The van der Waals surface area contributed by atoms with E-state index >= 15 is 0 Å². The van der Waals surface area contributed by atoms with Crippen LogP contribution < -0.4 is 5.32 Å². The lowest BCUT2D eigenvalue weighted by Crippen LogP contribution is -2.46. The molecular formula is C59H111NO5. The quantitative estimate of drug-likeness (QED) is 0.0321. The van der Waals surface area contributed by atoms with Gasteiger partial charge in [0.25, 0.3) is 0 Å². The van der Waals surface area contributed by atoms with Gasteiger partial charge in [0, 0.05) is 6.42 Å². The van der Waals surface area contributed by atoms with Gasteiger partial charge in [-0.15, -0.1) is 0 Å². The smallest absolute Gasteiger partial charge is 0.306 e. The molecule has 0 aromatic heterocycles. The summed E-state index contributed by atoms with van der Waals surface area (Å²) in [7, 11) is 0. The summed E-state index contributed by atoms with van der Waals surface area (Å²) < 4.78 is 5.95. The Hall–Kier alpha value is -1.92. The number of aliphatic hydroxyl groups excluding tert-OH is 2. The van der Waals surface area contributed by atoms with E-state index in [2.05, 4.69) is 62.5 Å². The predicted molar refractivity (Wildman–Crippen MR) is 282 cm³/mol. The van der Waals surface area contributed by atoms with E-state index in [9.17, 15) is 19.8 Å². The third kappa shape index (κ3) is 48.3. The van der Waals surface area contributed by atoms with E-state index in [1.807, 2.05) is 0 Å². The summed E-state index contributed by atoms with van der Waals surface area (Å²) in [4.78, 5) is 26.3. The van der Waals surface area contributed by atoms with Crippen molar-refractivity contribution in [2.45, 2.75) is 322 Å². The van der Waals surface area contributed by atoms with Crippen LogP contribution >= 0.6 is 0 Å². The molecule has 3 atom stereocenters. The molecule has 6 nitrogen and oxygen atoms in total. The van der Waals surface area contributed by atoms with Crippen molar-refractivity contribution in [2.75, 3.05) is 6.61 Å². The zero-order valence-corrected chi connectivity index (χ0v) is 43.6. The first-order chi connectivity index (χ1) is 32.0. The van der Waals surface area contributed by atoms with Gasteiger partial charge in [0.2, 0.25) is 5.91 Å². The van der Waals surface area contributed by atoms with E-state index in [0.29, 0.717) is 19.3 Å². The van der Waals surface area contributed by atoms with Gasteiger partial charge >= 0.3 is 5.97 Å². The van der Waals surface area contributed by atoms with Gasteiger partial charge in [0.05, 0.1) is 25.2 Å². The number of hydrogen-bond donors (Lipinski definition) is 3. The molecule has 3 N–H and O–H groups in total. The number of carbonyl (C=O) groups is 2. The van der Waals surface area contributed by atoms with Gasteiger partial charge in [-0.05, 0) is 51.4 Å². The molecule has 0 aliphatic rings. The fourth-order valence-electron chi connectivity index (χ4n) is 8.90. The highest BCUT2D eigenvalue weighted by atomic mass is 16.5. The number of rotatable bonds is 52. The summed E-state index contributed by atoms with van der Waals surface area (Å²) in [6.07, 6.45) is 63.5. The highest BCUT2D eigenvalue weighted by Crippen LogP contribution is 2.18. The molecule has 0 radical (unpaired) electrons. The van der Waals surface area contributed by atoms with Crippen LogP contribution in [-0.4, -0.2) is 46.9 Å². The summed E-state index contributed by atoms with van der Waals surface area (Å²) in [5.74, 6) is -0.491. The van der Waals surface area contributed by atoms with Crippen molar-refractivity contribution in [1.82, 2.24) is 5.32 Å². The zero-order valence-electron chi connectivity index (χ0n) is 43.6. The number of allylic oxidation sites excluding steroid dienone is 6. The SMILES string of the molecule is CCCCCCC/C=C/C=C/C=C/CCCCCC(CC(=O)NC(CO)C(O)CCCCCCCCCCCCCCC)OC(=O)CCCCCCCCCCCCCCCCCCC. The molecule has 0 heterocycles. The molecule has 0 rings (SSSR count). The monoisotopic (exact) mass is 914 g/mol. The number of nitrogens with one attached hydrogen (secondary N) is 1. The van der Waals surface area contributed by atoms with Crippen LogP contribution in [0.15, 0.2) is 36.5 Å². The molecule has 0 bridgehead atoms. The first-order valence-corrected chi connectivity index (χ1v) is 28.7. The Morgan fingerprint density at radius 3 is 1.18 bits per heavy atom. The van der Waals surface area contributed by atoms with Gasteiger partial charge in [0.1, 0.15) is 6.10 Å². The number of amides is 1. The van der Waals surface area contributed by atoms with Gasteiger partial charge in [-0.2, -0.15) is 0 Å². The molecule has 382 valence electrons. The highest BCUT2D eigenvalue weighted by Gasteiger charge is 2.24. The minimum absolute atomic E-state index is 0.0592. The first-order valence-electron chi connectivity index (χ1n) is 28.7. The van der Waals surface area contributed by atoms with Crippen LogP contribution in [0.1, 0.15) is 303 Å². The third-order valence-electron chi connectivity index (χ3n) is 13.3. The normalized spacial score (nSPS) is 13.4. The van der Waals surface area contributed by atoms with Crippen molar-refractivity contribution in [2.24, 2.45) is 0 Å².